The van der Waals surface area contributed by atoms with Crippen LogP contribution in [-0.2, 0) is 14.3 Å². The number of amides is 1. The SMILES string of the molecule is CCN(c1ccc(NC(=O)COC(=O)CSc2nnc(N)s2)cc1)C(C)C. The van der Waals surface area contributed by atoms with Crippen LogP contribution in [0.5, 0.6) is 0 Å². The van der Waals surface area contributed by atoms with Gasteiger partial charge in [0.15, 0.2) is 10.9 Å². The summed E-state index contributed by atoms with van der Waals surface area (Å²) in [6, 6.07) is 7.96. The Morgan fingerprint density at radius 3 is 2.56 bits per heavy atom. The van der Waals surface area contributed by atoms with Crippen molar-refractivity contribution in [1.82, 2.24) is 10.2 Å². The van der Waals surface area contributed by atoms with Crippen LogP contribution < -0.4 is 16.0 Å². The summed E-state index contributed by atoms with van der Waals surface area (Å²) in [6.45, 7) is 6.92. The van der Waals surface area contributed by atoms with Gasteiger partial charge < -0.3 is 20.7 Å². The lowest BCUT2D eigenvalue weighted by atomic mass is 10.2. The van der Waals surface area contributed by atoms with E-state index in [1.165, 1.54) is 23.1 Å². The zero-order valence-corrected chi connectivity index (χ0v) is 17.1. The number of hydrogen-bond acceptors (Lipinski definition) is 9. The predicted octanol–water partition coefficient (Wildman–Crippen LogP) is 2.63. The minimum absolute atomic E-state index is 0.0403. The van der Waals surface area contributed by atoms with Crippen LogP contribution in [0.3, 0.4) is 0 Å². The molecule has 0 spiro atoms. The van der Waals surface area contributed by atoms with E-state index >= 15 is 0 Å². The first-order chi connectivity index (χ1) is 12.9. The lowest BCUT2D eigenvalue weighted by molar-refractivity contribution is -0.144. The number of rotatable bonds is 9. The number of anilines is 3. The molecule has 0 aliphatic rings. The summed E-state index contributed by atoms with van der Waals surface area (Å²) in [6.07, 6.45) is 0. The molecule has 146 valence electrons. The number of benzene rings is 1. The molecule has 0 unspecified atom stereocenters. The maximum atomic E-state index is 11.9. The summed E-state index contributed by atoms with van der Waals surface area (Å²) in [7, 11) is 0. The smallest absolute Gasteiger partial charge is 0.316 e. The first-order valence-corrected chi connectivity index (χ1v) is 10.2. The molecule has 3 N–H and O–H groups in total. The second kappa shape index (κ2) is 10.1. The first-order valence-electron chi connectivity index (χ1n) is 8.43. The minimum Gasteiger partial charge on any atom is -0.455 e. The third kappa shape index (κ3) is 6.72. The fraction of sp³-hybridized carbons (Fsp3) is 0.412. The molecule has 0 radical (unpaired) electrons. The molecule has 27 heavy (non-hydrogen) atoms. The Bertz CT molecular complexity index is 764. The van der Waals surface area contributed by atoms with Crippen LogP contribution in [0.1, 0.15) is 20.8 Å². The summed E-state index contributed by atoms with van der Waals surface area (Å²) in [5.41, 5.74) is 7.21. The highest BCUT2D eigenvalue weighted by atomic mass is 32.2. The fourth-order valence-electron chi connectivity index (χ4n) is 2.37. The molecule has 0 aliphatic heterocycles. The summed E-state index contributed by atoms with van der Waals surface area (Å²) in [5, 5.41) is 10.5. The number of carbonyl (C=O) groups excluding carboxylic acids is 2. The fourth-order valence-corrected chi connectivity index (χ4v) is 3.80. The van der Waals surface area contributed by atoms with Gasteiger partial charge in [-0.25, -0.2) is 0 Å². The van der Waals surface area contributed by atoms with Crippen LogP contribution in [0, 0.1) is 0 Å². The average molecular weight is 410 g/mol. The number of thioether (sulfide) groups is 1. The lowest BCUT2D eigenvalue weighted by Gasteiger charge is -2.27. The van der Waals surface area contributed by atoms with E-state index in [2.05, 4.69) is 41.2 Å². The van der Waals surface area contributed by atoms with E-state index in [1.54, 1.807) is 0 Å². The lowest BCUT2D eigenvalue weighted by Crippen LogP contribution is -2.30. The molecule has 8 nitrogen and oxygen atoms in total. The highest BCUT2D eigenvalue weighted by Gasteiger charge is 2.12. The van der Waals surface area contributed by atoms with Crippen molar-refractivity contribution in [2.45, 2.75) is 31.2 Å². The van der Waals surface area contributed by atoms with Crippen molar-refractivity contribution in [2.75, 3.05) is 34.9 Å². The van der Waals surface area contributed by atoms with E-state index in [-0.39, 0.29) is 12.4 Å². The number of esters is 1. The molecule has 0 aliphatic carbocycles. The van der Waals surface area contributed by atoms with E-state index in [1.807, 2.05) is 24.3 Å². The van der Waals surface area contributed by atoms with E-state index in [4.69, 9.17) is 10.5 Å². The Labute approximate surface area is 166 Å². The van der Waals surface area contributed by atoms with E-state index < -0.39 is 11.9 Å². The van der Waals surface area contributed by atoms with Crippen LogP contribution in [0.25, 0.3) is 0 Å². The van der Waals surface area contributed by atoms with Gasteiger partial charge in [0.1, 0.15) is 0 Å². The molecule has 0 saturated heterocycles. The molecular weight excluding hydrogens is 386 g/mol. The Hall–Kier alpha value is -2.33. The van der Waals surface area contributed by atoms with Gasteiger partial charge in [-0.3, -0.25) is 9.59 Å². The molecule has 0 bridgehead atoms. The van der Waals surface area contributed by atoms with Gasteiger partial charge >= 0.3 is 5.97 Å². The molecular formula is C17H23N5O3S2. The maximum absolute atomic E-state index is 11.9. The number of aromatic nitrogens is 2. The standard InChI is InChI=1S/C17H23N5O3S2/c1-4-22(11(2)3)13-7-5-12(6-8-13)19-14(23)9-25-15(24)10-26-17-21-20-16(18)27-17/h5-8,11H,4,9-10H2,1-3H3,(H2,18,20)(H,19,23). The molecule has 10 heteroatoms. The highest BCUT2D eigenvalue weighted by Crippen LogP contribution is 2.23. The Balaban J connectivity index is 1.75. The van der Waals surface area contributed by atoms with Crippen LogP contribution >= 0.6 is 23.1 Å². The van der Waals surface area contributed by atoms with Crippen LogP contribution in [0.2, 0.25) is 0 Å². The van der Waals surface area contributed by atoms with Gasteiger partial charge in [0.05, 0.1) is 5.75 Å². The van der Waals surface area contributed by atoms with Gasteiger partial charge in [-0.1, -0.05) is 23.1 Å². The van der Waals surface area contributed by atoms with Gasteiger partial charge in [0.2, 0.25) is 5.13 Å². The third-order valence-corrected chi connectivity index (χ3v) is 5.41. The van der Waals surface area contributed by atoms with Gasteiger partial charge in [0, 0.05) is 24.0 Å². The monoisotopic (exact) mass is 409 g/mol. The number of hydrogen-bond donors (Lipinski definition) is 2. The van der Waals surface area contributed by atoms with Crippen LogP contribution in [-0.4, -0.2) is 47.0 Å². The van der Waals surface area contributed by atoms with Crippen LogP contribution in [0.15, 0.2) is 28.6 Å². The van der Waals surface area contributed by atoms with E-state index in [0.717, 1.165) is 12.2 Å². The Morgan fingerprint density at radius 2 is 2.00 bits per heavy atom. The third-order valence-electron chi connectivity index (χ3n) is 3.55. The largest absolute Gasteiger partial charge is 0.455 e. The van der Waals surface area contributed by atoms with Crippen molar-refractivity contribution in [3.63, 3.8) is 0 Å². The molecule has 0 fully saturated rings. The summed E-state index contributed by atoms with van der Waals surface area (Å²) >= 11 is 2.36. The summed E-state index contributed by atoms with van der Waals surface area (Å²) < 4.78 is 5.54. The molecule has 1 aromatic carbocycles. The van der Waals surface area contributed by atoms with Crippen LogP contribution in [0.4, 0.5) is 16.5 Å². The summed E-state index contributed by atoms with van der Waals surface area (Å²) in [4.78, 5) is 25.9. The minimum atomic E-state index is -0.505. The average Bonchev–Trinajstić information content (AvgIpc) is 3.05. The Kier molecular flexibility index (Phi) is 7.86. The number of nitrogens with zero attached hydrogens (tertiary/aromatic N) is 3. The normalized spacial score (nSPS) is 10.7. The number of nitrogens with one attached hydrogen (secondary N) is 1. The number of carbonyl (C=O) groups is 2. The maximum Gasteiger partial charge on any atom is 0.316 e. The zero-order valence-electron chi connectivity index (χ0n) is 15.5. The number of nitrogen functional groups attached to an aromatic ring is 1. The first kappa shape index (κ1) is 21.0. The van der Waals surface area contributed by atoms with Crippen molar-refractivity contribution >= 4 is 51.5 Å². The molecule has 2 rings (SSSR count). The second-order valence-corrected chi connectivity index (χ2v) is 8.06. The molecule has 0 saturated carbocycles. The molecule has 1 amide bonds. The van der Waals surface area contributed by atoms with Gasteiger partial charge in [-0.15, -0.1) is 10.2 Å². The second-order valence-electron chi connectivity index (χ2n) is 5.83. The number of ether oxygens (including phenoxy) is 1. The molecule has 1 heterocycles. The van der Waals surface area contributed by atoms with Crippen molar-refractivity contribution in [3.8, 4) is 0 Å². The quantitative estimate of drug-likeness (QED) is 0.480. The molecule has 2 aromatic rings. The van der Waals surface area contributed by atoms with E-state index in [9.17, 15) is 9.59 Å². The topological polar surface area (TPSA) is 110 Å². The van der Waals surface area contributed by atoms with E-state index in [0.29, 0.717) is 21.2 Å². The highest BCUT2D eigenvalue weighted by molar-refractivity contribution is 8.01. The van der Waals surface area contributed by atoms with Gasteiger partial charge in [-0.2, -0.15) is 0 Å². The summed E-state index contributed by atoms with van der Waals surface area (Å²) in [5.74, 6) is -0.856. The Morgan fingerprint density at radius 1 is 1.30 bits per heavy atom. The van der Waals surface area contributed by atoms with Crippen molar-refractivity contribution < 1.29 is 14.3 Å². The number of nitrogens with two attached hydrogens (primary N) is 1. The van der Waals surface area contributed by atoms with Crippen molar-refractivity contribution in [3.05, 3.63) is 24.3 Å². The van der Waals surface area contributed by atoms with Gasteiger partial charge in [-0.05, 0) is 45.0 Å². The molecule has 0 atom stereocenters. The van der Waals surface area contributed by atoms with Gasteiger partial charge in [0.25, 0.3) is 5.91 Å². The molecule has 1 aromatic heterocycles. The predicted molar refractivity (Wildman–Crippen MR) is 109 cm³/mol. The zero-order chi connectivity index (χ0) is 19.8. The van der Waals surface area contributed by atoms with Crippen molar-refractivity contribution in [1.29, 1.82) is 0 Å². The van der Waals surface area contributed by atoms with Crippen molar-refractivity contribution in [2.24, 2.45) is 0 Å².